The first-order chi connectivity index (χ1) is 18.7. The molecule has 0 radical (unpaired) electrons. The topological polar surface area (TPSA) is 92.8 Å². The van der Waals surface area contributed by atoms with E-state index in [1.54, 1.807) is 17.4 Å². The Labute approximate surface area is 239 Å². The fourth-order valence-corrected chi connectivity index (χ4v) is 6.73. The highest BCUT2D eigenvalue weighted by Gasteiger charge is 2.23. The van der Waals surface area contributed by atoms with Crippen LogP contribution in [-0.4, -0.2) is 26.4 Å². The first-order valence-corrected chi connectivity index (χ1v) is 15.3. The number of anilines is 1. The van der Waals surface area contributed by atoms with E-state index < -0.39 is 0 Å². The van der Waals surface area contributed by atoms with Gasteiger partial charge in [-0.25, -0.2) is 0 Å². The third kappa shape index (κ3) is 7.11. The maximum Gasteiger partial charge on any atom is 0.235 e. The molecule has 0 fully saturated rings. The normalized spacial score (nSPS) is 14.4. The van der Waals surface area contributed by atoms with Crippen molar-refractivity contribution in [2.75, 3.05) is 11.1 Å². The molecule has 7 nitrogen and oxygen atoms in total. The lowest BCUT2D eigenvalue weighted by Crippen LogP contribution is -2.15. The predicted octanol–water partition coefficient (Wildman–Crippen LogP) is 7.22. The van der Waals surface area contributed by atoms with E-state index in [0.717, 1.165) is 37.0 Å². The van der Waals surface area contributed by atoms with Gasteiger partial charge in [0.2, 0.25) is 5.91 Å². The smallest absolute Gasteiger partial charge is 0.235 e. The average molecular weight is 564 g/mol. The van der Waals surface area contributed by atoms with E-state index in [0.29, 0.717) is 28.1 Å². The molecule has 1 atom stereocenters. The van der Waals surface area contributed by atoms with Crippen molar-refractivity contribution in [2.24, 2.45) is 0 Å². The molecule has 1 unspecified atom stereocenters. The number of nitriles is 1. The summed E-state index contributed by atoms with van der Waals surface area (Å²) in [6.45, 7) is 12.9. The number of hydrogen-bond donors (Lipinski definition) is 1. The second-order valence-electron chi connectivity index (χ2n) is 10.8. The highest BCUT2D eigenvalue weighted by molar-refractivity contribution is 7.99. The van der Waals surface area contributed by atoms with Gasteiger partial charge in [0, 0.05) is 11.4 Å². The quantitative estimate of drug-likeness (QED) is 0.218. The number of allylic oxidation sites excluding steroid dienone is 1. The minimum Gasteiger partial charge on any atom is -0.483 e. The maximum absolute atomic E-state index is 12.9. The number of thioether (sulfide) groups is 1. The number of thiophene rings is 1. The fourth-order valence-electron chi connectivity index (χ4n) is 4.72. The van der Waals surface area contributed by atoms with Crippen LogP contribution in [0.4, 0.5) is 5.00 Å². The van der Waals surface area contributed by atoms with Gasteiger partial charge in [-0.1, -0.05) is 63.6 Å². The molecule has 39 heavy (non-hydrogen) atoms. The standard InChI is InChI=1S/C30H37N5O2S2/c1-6-17-35-27(20(2)37-22-15-13-21(14-16-22)30(3,4)5)33-34-29(35)38-19-26(36)32-28-24(18-31)23-11-9-7-8-10-12-25(23)39-28/h6,13-16,20H,1,7-12,17,19H2,2-5H3,(H,32,36). The van der Waals surface area contributed by atoms with Gasteiger partial charge in [-0.2, -0.15) is 5.26 Å². The summed E-state index contributed by atoms with van der Waals surface area (Å²) in [5.74, 6) is 1.42. The van der Waals surface area contributed by atoms with Crippen molar-refractivity contribution < 1.29 is 9.53 Å². The Morgan fingerprint density at radius 3 is 2.62 bits per heavy atom. The van der Waals surface area contributed by atoms with E-state index in [4.69, 9.17) is 4.74 Å². The number of nitrogens with zero attached hydrogens (tertiary/aromatic N) is 4. The molecule has 206 valence electrons. The van der Waals surface area contributed by atoms with Crippen molar-refractivity contribution in [1.82, 2.24) is 14.8 Å². The lowest BCUT2D eigenvalue weighted by Gasteiger charge is -2.20. The number of fused-ring (bicyclic) bond motifs is 1. The van der Waals surface area contributed by atoms with Crippen LogP contribution in [0.25, 0.3) is 0 Å². The summed E-state index contributed by atoms with van der Waals surface area (Å²) >= 11 is 2.87. The number of ether oxygens (including phenoxy) is 1. The highest BCUT2D eigenvalue weighted by atomic mass is 32.2. The van der Waals surface area contributed by atoms with Crippen LogP contribution >= 0.6 is 23.1 Å². The van der Waals surface area contributed by atoms with Gasteiger partial charge < -0.3 is 10.1 Å². The van der Waals surface area contributed by atoms with E-state index in [1.807, 2.05) is 23.6 Å². The summed E-state index contributed by atoms with van der Waals surface area (Å²) in [7, 11) is 0. The minimum absolute atomic E-state index is 0.0739. The molecule has 1 aromatic carbocycles. The Hall–Kier alpha value is -3.09. The second kappa shape index (κ2) is 12.8. The van der Waals surface area contributed by atoms with E-state index in [-0.39, 0.29) is 23.2 Å². The van der Waals surface area contributed by atoms with Crippen molar-refractivity contribution in [3.05, 3.63) is 64.3 Å². The molecule has 0 saturated heterocycles. The molecule has 2 heterocycles. The molecule has 3 aromatic rings. The summed E-state index contributed by atoms with van der Waals surface area (Å²) in [5, 5.41) is 22.8. The minimum atomic E-state index is -0.343. The lowest BCUT2D eigenvalue weighted by molar-refractivity contribution is -0.113. The molecule has 1 amide bonds. The highest BCUT2D eigenvalue weighted by Crippen LogP contribution is 2.37. The zero-order valence-corrected chi connectivity index (χ0v) is 24.9. The van der Waals surface area contributed by atoms with Gasteiger partial charge in [0.15, 0.2) is 17.1 Å². The summed E-state index contributed by atoms with van der Waals surface area (Å²) in [6.07, 6.45) is 7.96. The third-order valence-corrected chi connectivity index (χ3v) is 9.00. The number of aryl methyl sites for hydroxylation is 1. The van der Waals surface area contributed by atoms with Crippen LogP contribution in [0, 0.1) is 11.3 Å². The number of carbonyl (C=O) groups is 1. The average Bonchev–Trinajstić information content (AvgIpc) is 3.42. The molecule has 1 N–H and O–H groups in total. The Bertz CT molecular complexity index is 1350. The molecule has 0 spiro atoms. The molecule has 2 aromatic heterocycles. The van der Waals surface area contributed by atoms with Gasteiger partial charge in [0.25, 0.3) is 0 Å². The molecule has 0 saturated carbocycles. The fraction of sp³-hybridized carbons (Fsp3) is 0.467. The Morgan fingerprint density at radius 2 is 1.95 bits per heavy atom. The SMILES string of the molecule is C=CCn1c(SCC(=O)Nc2sc3c(c2C#N)CCCCCC3)nnc1C(C)Oc1ccc(C(C)(C)C)cc1. The van der Waals surface area contributed by atoms with Gasteiger partial charge in [-0.05, 0) is 61.3 Å². The van der Waals surface area contributed by atoms with Crippen molar-refractivity contribution in [3.8, 4) is 11.8 Å². The number of benzene rings is 1. The van der Waals surface area contributed by atoms with Crippen LogP contribution < -0.4 is 10.1 Å². The maximum atomic E-state index is 12.9. The van der Waals surface area contributed by atoms with Crippen LogP contribution in [0.5, 0.6) is 5.75 Å². The van der Waals surface area contributed by atoms with Crippen LogP contribution in [0.2, 0.25) is 0 Å². The number of amides is 1. The number of hydrogen-bond acceptors (Lipinski definition) is 7. The molecular formula is C30H37N5O2S2. The van der Waals surface area contributed by atoms with Crippen molar-refractivity contribution in [2.45, 2.75) is 89.4 Å². The molecular weight excluding hydrogens is 526 g/mol. The predicted molar refractivity (Wildman–Crippen MR) is 159 cm³/mol. The Balaban J connectivity index is 1.42. The summed E-state index contributed by atoms with van der Waals surface area (Å²) in [5.41, 5.74) is 3.08. The Kier molecular flexibility index (Phi) is 9.52. The number of nitrogens with one attached hydrogen (secondary N) is 1. The van der Waals surface area contributed by atoms with Crippen LogP contribution in [0.1, 0.15) is 86.9 Å². The zero-order chi connectivity index (χ0) is 28.0. The van der Waals surface area contributed by atoms with Crippen molar-refractivity contribution >= 4 is 34.0 Å². The van der Waals surface area contributed by atoms with E-state index in [9.17, 15) is 10.1 Å². The molecule has 9 heteroatoms. The van der Waals surface area contributed by atoms with Gasteiger partial charge in [0.1, 0.15) is 16.8 Å². The zero-order valence-electron chi connectivity index (χ0n) is 23.2. The van der Waals surface area contributed by atoms with E-state index >= 15 is 0 Å². The van der Waals surface area contributed by atoms with Crippen LogP contribution in [0.3, 0.4) is 0 Å². The molecule has 4 rings (SSSR count). The first-order valence-electron chi connectivity index (χ1n) is 13.5. The largest absolute Gasteiger partial charge is 0.483 e. The molecule has 1 aliphatic carbocycles. The second-order valence-corrected chi connectivity index (χ2v) is 12.9. The third-order valence-electron chi connectivity index (χ3n) is 6.82. The molecule has 0 bridgehead atoms. The molecule has 1 aliphatic rings. The number of carbonyl (C=O) groups excluding carboxylic acids is 1. The number of aromatic nitrogens is 3. The summed E-state index contributed by atoms with van der Waals surface area (Å²) < 4.78 is 8.11. The van der Waals surface area contributed by atoms with Gasteiger partial charge in [0.05, 0.1) is 11.3 Å². The van der Waals surface area contributed by atoms with Crippen molar-refractivity contribution in [3.63, 3.8) is 0 Å². The van der Waals surface area contributed by atoms with E-state index in [1.165, 1.54) is 35.0 Å². The van der Waals surface area contributed by atoms with Gasteiger partial charge in [-0.15, -0.1) is 28.1 Å². The van der Waals surface area contributed by atoms with Crippen LogP contribution in [-0.2, 0) is 29.6 Å². The Morgan fingerprint density at radius 1 is 1.23 bits per heavy atom. The van der Waals surface area contributed by atoms with E-state index in [2.05, 4.69) is 61.1 Å². The van der Waals surface area contributed by atoms with Gasteiger partial charge in [-0.3, -0.25) is 9.36 Å². The number of rotatable bonds is 9. The van der Waals surface area contributed by atoms with Crippen LogP contribution in [0.15, 0.2) is 42.1 Å². The van der Waals surface area contributed by atoms with Gasteiger partial charge >= 0.3 is 0 Å². The lowest BCUT2D eigenvalue weighted by atomic mass is 9.87. The summed E-state index contributed by atoms with van der Waals surface area (Å²) in [4.78, 5) is 14.2. The van der Waals surface area contributed by atoms with Crippen molar-refractivity contribution in [1.29, 1.82) is 5.26 Å². The molecule has 0 aliphatic heterocycles. The first kappa shape index (κ1) is 28.9. The summed E-state index contributed by atoms with van der Waals surface area (Å²) in [6, 6.07) is 10.5. The monoisotopic (exact) mass is 563 g/mol.